The average molecular weight is 586 g/mol. The van der Waals surface area contributed by atoms with Crippen LogP contribution in [-0.4, -0.2) is 164 Å². The van der Waals surface area contributed by atoms with Gasteiger partial charge in [0.1, 0.15) is 67.1 Å². The minimum atomic E-state index is -1.76. The lowest BCUT2D eigenvalue weighted by atomic mass is 9.83. The SMILES string of the molecule is NCC[C@H](O)C(=O)N[C@@H]1C[C@H](N)[C@H](O[C@H]2O[C@H](CN)[C@@H](O)[C@@H](O)[C@H]2O)[C@H](O)[C@H]1O[C@H]1O[C@H](CO)[C@@H](O)[C@@H](N)[C@H]1O. The second kappa shape index (κ2) is 14.3. The Morgan fingerprint density at radius 3 is 2.05 bits per heavy atom. The molecule has 3 aliphatic rings. The highest BCUT2D eigenvalue weighted by Crippen LogP contribution is 2.32. The minimum absolute atomic E-state index is 0.0101. The van der Waals surface area contributed by atoms with Crippen LogP contribution in [0.1, 0.15) is 12.8 Å². The van der Waals surface area contributed by atoms with Crippen molar-refractivity contribution in [3.8, 4) is 0 Å². The fourth-order valence-corrected chi connectivity index (χ4v) is 5.07. The third kappa shape index (κ3) is 7.06. The standard InChI is InChI=1S/C22H43N5O13/c23-2-1-8(29)20(36)27-7-3-6(25)18(39-22-16(34)15(33)13(31)9(4-24)37-22)17(35)19(7)40-21-14(32)11(26)12(30)10(5-28)38-21/h6-19,21-22,28-35H,1-5,23-26H2,(H,27,36)/t6-,7+,8-,9+,10+,11+,12+,13+,14+,15+,16+,17-,18-,19-,21+,22+/m0/s1. The van der Waals surface area contributed by atoms with Crippen molar-refractivity contribution >= 4 is 5.91 Å². The van der Waals surface area contributed by atoms with Gasteiger partial charge in [-0.1, -0.05) is 0 Å². The number of amides is 1. The fourth-order valence-electron chi connectivity index (χ4n) is 5.07. The van der Waals surface area contributed by atoms with Crippen LogP contribution in [0.2, 0.25) is 0 Å². The second-order valence-corrected chi connectivity index (χ2v) is 10.3. The highest BCUT2D eigenvalue weighted by atomic mass is 16.7. The smallest absolute Gasteiger partial charge is 0.249 e. The summed E-state index contributed by atoms with van der Waals surface area (Å²) < 4.78 is 22.5. The summed E-state index contributed by atoms with van der Waals surface area (Å²) in [5, 5.41) is 84.9. The summed E-state index contributed by atoms with van der Waals surface area (Å²) in [6, 6.07) is -3.45. The van der Waals surface area contributed by atoms with Gasteiger partial charge in [-0.3, -0.25) is 4.79 Å². The molecule has 0 radical (unpaired) electrons. The summed E-state index contributed by atoms with van der Waals surface area (Å²) >= 11 is 0. The quantitative estimate of drug-likeness (QED) is 0.113. The van der Waals surface area contributed by atoms with E-state index in [0.29, 0.717) is 0 Å². The zero-order valence-electron chi connectivity index (χ0n) is 21.7. The van der Waals surface area contributed by atoms with E-state index >= 15 is 0 Å². The zero-order valence-corrected chi connectivity index (χ0v) is 21.7. The van der Waals surface area contributed by atoms with Gasteiger partial charge in [0.15, 0.2) is 12.6 Å². The Hall–Kier alpha value is -1.17. The predicted octanol–water partition coefficient (Wildman–Crippen LogP) is -8.42. The van der Waals surface area contributed by atoms with Crippen molar-refractivity contribution in [3.63, 3.8) is 0 Å². The monoisotopic (exact) mass is 585 g/mol. The number of aliphatic hydroxyl groups excluding tert-OH is 8. The first kappa shape index (κ1) is 33.3. The molecular weight excluding hydrogens is 542 g/mol. The van der Waals surface area contributed by atoms with Crippen LogP contribution in [0.15, 0.2) is 0 Å². The molecule has 0 aromatic carbocycles. The van der Waals surface area contributed by atoms with Crippen LogP contribution < -0.4 is 28.3 Å². The van der Waals surface area contributed by atoms with Crippen molar-refractivity contribution in [2.24, 2.45) is 22.9 Å². The fraction of sp³-hybridized carbons (Fsp3) is 0.955. The largest absolute Gasteiger partial charge is 0.394 e. The summed E-state index contributed by atoms with van der Waals surface area (Å²) in [4.78, 5) is 12.6. The Balaban J connectivity index is 1.85. The van der Waals surface area contributed by atoms with Crippen molar-refractivity contribution < 1.29 is 64.6 Å². The number of carbonyl (C=O) groups is 1. The van der Waals surface area contributed by atoms with Crippen LogP contribution in [0.3, 0.4) is 0 Å². The van der Waals surface area contributed by atoms with Gasteiger partial charge in [0, 0.05) is 12.6 Å². The van der Waals surface area contributed by atoms with Gasteiger partial charge < -0.3 is 88.1 Å². The molecular formula is C22H43N5O13. The lowest BCUT2D eigenvalue weighted by Gasteiger charge is -2.49. The van der Waals surface area contributed by atoms with Crippen molar-refractivity contribution in [2.45, 2.75) is 111 Å². The van der Waals surface area contributed by atoms with Crippen LogP contribution in [0.5, 0.6) is 0 Å². The third-order valence-electron chi connectivity index (χ3n) is 7.51. The molecule has 234 valence electrons. The van der Waals surface area contributed by atoms with E-state index in [1.807, 2.05) is 0 Å². The van der Waals surface area contributed by atoms with E-state index in [9.17, 15) is 45.6 Å². The average Bonchev–Trinajstić information content (AvgIpc) is 2.92. The van der Waals surface area contributed by atoms with Crippen LogP contribution in [0.25, 0.3) is 0 Å². The number of nitrogens with two attached hydrogens (primary N) is 4. The molecule has 0 aromatic rings. The molecule has 17 N–H and O–H groups in total. The number of hydrogen-bond donors (Lipinski definition) is 13. The summed E-state index contributed by atoms with van der Waals surface area (Å²) in [5.41, 5.74) is 23.1. The molecule has 16 atom stereocenters. The number of aliphatic hydroxyl groups is 8. The molecule has 1 aliphatic carbocycles. The van der Waals surface area contributed by atoms with Gasteiger partial charge in [-0.05, 0) is 19.4 Å². The Morgan fingerprint density at radius 2 is 1.45 bits per heavy atom. The van der Waals surface area contributed by atoms with Crippen molar-refractivity contribution in [3.05, 3.63) is 0 Å². The van der Waals surface area contributed by atoms with Crippen LogP contribution >= 0.6 is 0 Å². The van der Waals surface area contributed by atoms with Crippen LogP contribution in [0.4, 0.5) is 0 Å². The Bertz CT molecular complexity index is 815. The molecule has 2 aliphatic heterocycles. The molecule has 2 saturated heterocycles. The molecule has 3 rings (SSSR count). The maximum atomic E-state index is 12.6. The summed E-state index contributed by atoms with van der Waals surface area (Å²) in [6.45, 7) is -0.898. The van der Waals surface area contributed by atoms with E-state index < -0.39 is 110 Å². The lowest BCUT2D eigenvalue weighted by molar-refractivity contribution is -0.332. The summed E-state index contributed by atoms with van der Waals surface area (Å²) in [7, 11) is 0. The molecule has 18 heteroatoms. The maximum absolute atomic E-state index is 12.6. The zero-order chi connectivity index (χ0) is 29.9. The third-order valence-corrected chi connectivity index (χ3v) is 7.51. The number of rotatable bonds is 10. The van der Waals surface area contributed by atoms with E-state index in [2.05, 4.69) is 5.32 Å². The van der Waals surface area contributed by atoms with Gasteiger partial charge in [-0.25, -0.2) is 0 Å². The molecule has 0 spiro atoms. The Kier molecular flexibility index (Phi) is 11.9. The first-order valence-electron chi connectivity index (χ1n) is 13.1. The van der Waals surface area contributed by atoms with Crippen molar-refractivity contribution in [1.29, 1.82) is 0 Å². The topological polar surface area (TPSA) is 332 Å². The van der Waals surface area contributed by atoms with E-state index in [4.69, 9.17) is 41.9 Å². The minimum Gasteiger partial charge on any atom is -0.394 e. The molecule has 0 bridgehead atoms. The normalized spacial score (nSPS) is 47.0. The number of nitrogens with one attached hydrogen (secondary N) is 1. The molecule has 40 heavy (non-hydrogen) atoms. The van der Waals surface area contributed by atoms with E-state index in [1.165, 1.54) is 0 Å². The summed E-state index contributed by atoms with van der Waals surface area (Å²) in [6.07, 6.45) is -19.8. The van der Waals surface area contributed by atoms with Gasteiger partial charge in [0.2, 0.25) is 5.91 Å². The maximum Gasteiger partial charge on any atom is 0.249 e. The Morgan fingerprint density at radius 1 is 0.850 bits per heavy atom. The van der Waals surface area contributed by atoms with Crippen molar-refractivity contribution in [2.75, 3.05) is 19.7 Å². The van der Waals surface area contributed by atoms with Gasteiger partial charge in [0.25, 0.3) is 0 Å². The lowest BCUT2D eigenvalue weighted by Crippen LogP contribution is -2.69. The van der Waals surface area contributed by atoms with Gasteiger partial charge in [-0.2, -0.15) is 0 Å². The first-order chi connectivity index (χ1) is 18.9. The molecule has 3 fully saturated rings. The molecule has 2 heterocycles. The molecule has 1 amide bonds. The van der Waals surface area contributed by atoms with Gasteiger partial charge >= 0.3 is 0 Å². The molecule has 0 unspecified atom stereocenters. The first-order valence-corrected chi connectivity index (χ1v) is 13.1. The molecule has 18 nitrogen and oxygen atoms in total. The predicted molar refractivity (Wildman–Crippen MR) is 131 cm³/mol. The van der Waals surface area contributed by atoms with Gasteiger partial charge in [-0.15, -0.1) is 0 Å². The Labute approximate surface area is 229 Å². The molecule has 0 aromatic heterocycles. The van der Waals surface area contributed by atoms with E-state index in [-0.39, 0.29) is 25.9 Å². The highest BCUT2D eigenvalue weighted by molar-refractivity contribution is 5.80. The number of ether oxygens (including phenoxy) is 4. The van der Waals surface area contributed by atoms with E-state index in [1.54, 1.807) is 0 Å². The van der Waals surface area contributed by atoms with Crippen molar-refractivity contribution in [1.82, 2.24) is 5.32 Å². The second-order valence-electron chi connectivity index (χ2n) is 10.3. The van der Waals surface area contributed by atoms with Crippen LogP contribution in [0, 0.1) is 0 Å². The molecule has 1 saturated carbocycles. The summed E-state index contributed by atoms with van der Waals surface area (Å²) in [5.74, 6) is -0.845. The van der Waals surface area contributed by atoms with Crippen LogP contribution in [-0.2, 0) is 23.7 Å². The van der Waals surface area contributed by atoms with E-state index in [0.717, 1.165) is 0 Å². The highest BCUT2D eigenvalue weighted by Gasteiger charge is 2.52. The number of hydrogen-bond acceptors (Lipinski definition) is 17. The number of carbonyl (C=O) groups excluding carboxylic acids is 1. The van der Waals surface area contributed by atoms with Gasteiger partial charge in [0.05, 0.1) is 18.7 Å².